The second kappa shape index (κ2) is 7.67. The highest BCUT2D eigenvalue weighted by atomic mass is 16.3. The Morgan fingerprint density at radius 1 is 1.53 bits per heavy atom. The van der Waals surface area contributed by atoms with E-state index in [4.69, 9.17) is 5.11 Å². The number of piperidine rings is 1. The minimum atomic E-state index is 0.154. The van der Waals surface area contributed by atoms with Crippen LogP contribution in [-0.2, 0) is 4.79 Å². The quantitative estimate of drug-likeness (QED) is 0.730. The van der Waals surface area contributed by atoms with Gasteiger partial charge in [-0.05, 0) is 52.1 Å². The van der Waals surface area contributed by atoms with Crippen molar-refractivity contribution in [2.24, 2.45) is 5.92 Å². The van der Waals surface area contributed by atoms with Gasteiger partial charge in [0.1, 0.15) is 0 Å². The van der Waals surface area contributed by atoms with Gasteiger partial charge in [0.2, 0.25) is 5.91 Å². The van der Waals surface area contributed by atoms with Crippen LogP contribution < -0.4 is 5.32 Å². The molecule has 0 aromatic heterocycles. The molecule has 1 unspecified atom stereocenters. The number of nitrogens with zero attached hydrogens (tertiary/aromatic N) is 1. The van der Waals surface area contributed by atoms with Crippen molar-refractivity contribution in [3.8, 4) is 0 Å². The average Bonchev–Trinajstić information content (AvgIpc) is 2.30. The van der Waals surface area contributed by atoms with Crippen LogP contribution in [-0.4, -0.2) is 48.2 Å². The molecule has 1 rings (SSSR count). The van der Waals surface area contributed by atoms with Gasteiger partial charge in [0.15, 0.2) is 0 Å². The van der Waals surface area contributed by atoms with Crippen molar-refractivity contribution >= 4 is 5.91 Å². The van der Waals surface area contributed by atoms with Gasteiger partial charge in [-0.15, -0.1) is 0 Å². The average molecular weight is 242 g/mol. The first-order chi connectivity index (χ1) is 8.15. The summed E-state index contributed by atoms with van der Waals surface area (Å²) < 4.78 is 0. The summed E-state index contributed by atoms with van der Waals surface area (Å²) in [6.07, 6.45) is 3.66. The fourth-order valence-corrected chi connectivity index (χ4v) is 2.37. The third-order valence-corrected chi connectivity index (χ3v) is 3.36. The summed E-state index contributed by atoms with van der Waals surface area (Å²) in [7, 11) is 0. The van der Waals surface area contributed by atoms with Crippen LogP contribution in [0.5, 0.6) is 0 Å². The van der Waals surface area contributed by atoms with Gasteiger partial charge < -0.3 is 15.3 Å². The van der Waals surface area contributed by atoms with E-state index in [0.29, 0.717) is 25.3 Å². The molecule has 0 aromatic rings. The van der Waals surface area contributed by atoms with E-state index < -0.39 is 0 Å². The monoisotopic (exact) mass is 242 g/mol. The summed E-state index contributed by atoms with van der Waals surface area (Å²) in [5, 5.41) is 12.2. The molecule has 100 valence electrons. The normalized spacial score (nSPS) is 20.6. The van der Waals surface area contributed by atoms with E-state index in [0.717, 1.165) is 19.5 Å². The van der Waals surface area contributed by atoms with Crippen molar-refractivity contribution in [2.75, 3.05) is 26.2 Å². The molecule has 1 fully saturated rings. The van der Waals surface area contributed by atoms with E-state index in [1.807, 2.05) is 18.7 Å². The molecular weight excluding hydrogens is 216 g/mol. The number of aliphatic hydroxyl groups is 1. The number of aliphatic hydroxyl groups excluding tert-OH is 1. The van der Waals surface area contributed by atoms with Gasteiger partial charge in [0.25, 0.3) is 0 Å². The fraction of sp³-hybridized carbons (Fsp3) is 0.923. The minimum Gasteiger partial charge on any atom is -0.396 e. The lowest BCUT2D eigenvalue weighted by molar-refractivity contribution is -0.134. The van der Waals surface area contributed by atoms with Crippen LogP contribution in [0.4, 0.5) is 0 Å². The van der Waals surface area contributed by atoms with Gasteiger partial charge in [-0.3, -0.25) is 4.79 Å². The second-order valence-electron chi connectivity index (χ2n) is 5.17. The van der Waals surface area contributed by atoms with Crippen molar-refractivity contribution in [3.05, 3.63) is 0 Å². The van der Waals surface area contributed by atoms with E-state index in [2.05, 4.69) is 5.32 Å². The van der Waals surface area contributed by atoms with E-state index in [1.165, 1.54) is 6.42 Å². The maximum atomic E-state index is 12.2. The summed E-state index contributed by atoms with van der Waals surface area (Å²) in [4.78, 5) is 14.1. The maximum Gasteiger partial charge on any atom is 0.223 e. The third-order valence-electron chi connectivity index (χ3n) is 3.36. The molecule has 1 saturated heterocycles. The van der Waals surface area contributed by atoms with E-state index in [9.17, 15) is 4.79 Å². The Kier molecular flexibility index (Phi) is 6.52. The van der Waals surface area contributed by atoms with Crippen LogP contribution >= 0.6 is 0 Å². The predicted molar refractivity (Wildman–Crippen MR) is 68.8 cm³/mol. The highest BCUT2D eigenvalue weighted by Gasteiger charge is 2.22. The topological polar surface area (TPSA) is 52.6 Å². The van der Waals surface area contributed by atoms with Gasteiger partial charge in [0.05, 0.1) is 0 Å². The van der Waals surface area contributed by atoms with Crippen LogP contribution in [0.25, 0.3) is 0 Å². The zero-order chi connectivity index (χ0) is 12.7. The van der Waals surface area contributed by atoms with Crippen molar-refractivity contribution in [1.29, 1.82) is 0 Å². The second-order valence-corrected chi connectivity index (χ2v) is 5.17. The lowest BCUT2D eigenvalue weighted by Gasteiger charge is -2.30. The number of rotatable bonds is 6. The van der Waals surface area contributed by atoms with Crippen LogP contribution in [0, 0.1) is 5.92 Å². The highest BCUT2D eigenvalue weighted by Crippen LogP contribution is 2.16. The van der Waals surface area contributed by atoms with Gasteiger partial charge in [-0.2, -0.15) is 0 Å². The molecule has 2 N–H and O–H groups in total. The molecule has 1 heterocycles. The largest absolute Gasteiger partial charge is 0.396 e. The van der Waals surface area contributed by atoms with Crippen LogP contribution in [0.1, 0.15) is 39.5 Å². The first kappa shape index (κ1) is 14.5. The van der Waals surface area contributed by atoms with Crippen LogP contribution in [0.2, 0.25) is 0 Å². The smallest absolute Gasteiger partial charge is 0.223 e. The van der Waals surface area contributed by atoms with Crippen LogP contribution in [0.3, 0.4) is 0 Å². The molecule has 1 aliphatic heterocycles. The molecule has 0 spiro atoms. The Hall–Kier alpha value is -0.610. The van der Waals surface area contributed by atoms with Gasteiger partial charge in [-0.1, -0.05) is 0 Å². The standard InChI is InChI=1S/C13H26N2O2/c1-11(2)15(7-4-8-16)13(17)9-12-5-3-6-14-10-12/h11-12,14,16H,3-10H2,1-2H3. The molecule has 1 amide bonds. The minimum absolute atomic E-state index is 0.154. The summed E-state index contributed by atoms with van der Waals surface area (Å²) >= 11 is 0. The zero-order valence-corrected chi connectivity index (χ0v) is 11.1. The molecule has 4 nitrogen and oxygen atoms in total. The van der Waals surface area contributed by atoms with Gasteiger partial charge >= 0.3 is 0 Å². The number of nitrogens with one attached hydrogen (secondary N) is 1. The number of hydrogen-bond donors (Lipinski definition) is 2. The number of carbonyl (C=O) groups is 1. The Morgan fingerprint density at radius 2 is 2.29 bits per heavy atom. The molecule has 0 aromatic carbocycles. The Morgan fingerprint density at radius 3 is 2.82 bits per heavy atom. The summed E-state index contributed by atoms with van der Waals surface area (Å²) in [5.74, 6) is 0.730. The summed E-state index contributed by atoms with van der Waals surface area (Å²) in [6, 6.07) is 0.227. The first-order valence-corrected chi connectivity index (χ1v) is 6.76. The fourth-order valence-electron chi connectivity index (χ4n) is 2.37. The first-order valence-electron chi connectivity index (χ1n) is 6.76. The van der Waals surface area contributed by atoms with Crippen molar-refractivity contribution in [1.82, 2.24) is 10.2 Å². The molecule has 0 radical (unpaired) electrons. The molecule has 4 heteroatoms. The van der Waals surface area contributed by atoms with E-state index in [1.54, 1.807) is 0 Å². The zero-order valence-electron chi connectivity index (χ0n) is 11.1. The van der Waals surface area contributed by atoms with E-state index >= 15 is 0 Å². The third kappa shape index (κ3) is 5.04. The number of hydrogen-bond acceptors (Lipinski definition) is 3. The predicted octanol–water partition coefficient (Wildman–Crippen LogP) is 0.995. The maximum absolute atomic E-state index is 12.2. The van der Waals surface area contributed by atoms with Crippen molar-refractivity contribution < 1.29 is 9.90 Å². The van der Waals surface area contributed by atoms with Gasteiger partial charge in [0, 0.05) is 25.6 Å². The molecule has 0 bridgehead atoms. The lowest BCUT2D eigenvalue weighted by atomic mass is 9.95. The Bertz CT molecular complexity index is 225. The summed E-state index contributed by atoms with van der Waals surface area (Å²) in [5.41, 5.74) is 0. The molecule has 17 heavy (non-hydrogen) atoms. The molecule has 0 saturated carbocycles. The highest BCUT2D eigenvalue weighted by molar-refractivity contribution is 5.76. The number of amides is 1. The van der Waals surface area contributed by atoms with Crippen molar-refractivity contribution in [3.63, 3.8) is 0 Å². The van der Waals surface area contributed by atoms with Crippen molar-refractivity contribution in [2.45, 2.75) is 45.6 Å². The van der Waals surface area contributed by atoms with Crippen LogP contribution in [0.15, 0.2) is 0 Å². The van der Waals surface area contributed by atoms with E-state index in [-0.39, 0.29) is 18.6 Å². The SMILES string of the molecule is CC(C)N(CCCO)C(=O)CC1CCCNC1. The van der Waals surface area contributed by atoms with Gasteiger partial charge in [-0.25, -0.2) is 0 Å². The summed E-state index contributed by atoms with van der Waals surface area (Å²) in [6.45, 7) is 6.96. The molecular formula is C13H26N2O2. The Labute approximate surface area is 104 Å². The Balaban J connectivity index is 2.40. The molecule has 0 aliphatic carbocycles. The molecule has 1 atom stereocenters. The lowest BCUT2D eigenvalue weighted by Crippen LogP contribution is -2.41. The molecule has 1 aliphatic rings. The number of carbonyl (C=O) groups excluding carboxylic acids is 1.